The minimum absolute atomic E-state index is 0.479. The molecule has 2 atom stereocenters. The van der Waals surface area contributed by atoms with Crippen LogP contribution in [0.5, 0.6) is 0 Å². The van der Waals surface area contributed by atoms with Crippen molar-refractivity contribution in [3.8, 4) is 0 Å². The van der Waals surface area contributed by atoms with Crippen LogP contribution in [0.15, 0.2) is 0 Å². The Bertz CT molecular complexity index is 116. The number of hydrogen-bond donors (Lipinski definition) is 0. The highest BCUT2D eigenvalue weighted by Crippen LogP contribution is 2.25. The smallest absolute Gasteiger partial charge is 0.0700 e. The lowest BCUT2D eigenvalue weighted by molar-refractivity contribution is 0.0489. The standard InChI is InChI=1S/C10H19BrO/c1-2-8-12-10-7-5-3-4-6-9(10)11/h9-10H,2-8H2,1H3. The Hall–Kier alpha value is 0.440. The summed E-state index contributed by atoms with van der Waals surface area (Å²) in [6.07, 6.45) is 8.24. The lowest BCUT2D eigenvalue weighted by Gasteiger charge is -2.19. The van der Waals surface area contributed by atoms with E-state index in [0.717, 1.165) is 13.0 Å². The Morgan fingerprint density at radius 2 is 2.00 bits per heavy atom. The molecule has 0 amide bonds. The topological polar surface area (TPSA) is 9.23 Å². The lowest BCUT2D eigenvalue weighted by atomic mass is 10.1. The first-order valence-corrected chi connectivity index (χ1v) is 6.02. The molecular weight excluding hydrogens is 216 g/mol. The molecule has 1 aliphatic rings. The van der Waals surface area contributed by atoms with Gasteiger partial charge in [0.2, 0.25) is 0 Å². The average molecular weight is 235 g/mol. The summed E-state index contributed by atoms with van der Waals surface area (Å²) in [5.74, 6) is 0. The molecule has 0 spiro atoms. The molecule has 1 rings (SSSR count). The molecule has 2 heteroatoms. The van der Waals surface area contributed by atoms with Gasteiger partial charge < -0.3 is 4.74 Å². The Balaban J connectivity index is 2.26. The van der Waals surface area contributed by atoms with Crippen LogP contribution in [0.4, 0.5) is 0 Å². The Labute approximate surface area is 84.0 Å². The van der Waals surface area contributed by atoms with E-state index in [4.69, 9.17) is 4.74 Å². The number of hydrogen-bond acceptors (Lipinski definition) is 1. The van der Waals surface area contributed by atoms with Crippen molar-refractivity contribution in [1.82, 2.24) is 0 Å². The van der Waals surface area contributed by atoms with Crippen LogP contribution in [-0.4, -0.2) is 17.5 Å². The van der Waals surface area contributed by atoms with E-state index in [2.05, 4.69) is 22.9 Å². The normalized spacial score (nSPS) is 31.5. The molecule has 2 unspecified atom stereocenters. The molecule has 1 nitrogen and oxygen atoms in total. The number of alkyl halides is 1. The van der Waals surface area contributed by atoms with Gasteiger partial charge in [0.05, 0.1) is 6.10 Å². The van der Waals surface area contributed by atoms with Crippen LogP contribution in [0.3, 0.4) is 0 Å². The third-order valence-corrected chi connectivity index (χ3v) is 3.46. The summed E-state index contributed by atoms with van der Waals surface area (Å²) < 4.78 is 5.78. The second-order valence-electron chi connectivity index (χ2n) is 3.56. The van der Waals surface area contributed by atoms with Gasteiger partial charge in [-0.3, -0.25) is 0 Å². The zero-order chi connectivity index (χ0) is 8.81. The zero-order valence-electron chi connectivity index (χ0n) is 7.89. The first-order valence-electron chi connectivity index (χ1n) is 5.10. The van der Waals surface area contributed by atoms with Crippen molar-refractivity contribution >= 4 is 15.9 Å². The average Bonchev–Trinajstić information content (AvgIpc) is 2.27. The maximum Gasteiger partial charge on any atom is 0.0700 e. The van der Waals surface area contributed by atoms with Crippen molar-refractivity contribution in [2.24, 2.45) is 0 Å². The van der Waals surface area contributed by atoms with Crippen LogP contribution in [-0.2, 0) is 4.74 Å². The zero-order valence-corrected chi connectivity index (χ0v) is 9.48. The fourth-order valence-electron chi connectivity index (χ4n) is 1.69. The molecule has 0 aliphatic heterocycles. The summed E-state index contributed by atoms with van der Waals surface area (Å²) in [6, 6.07) is 0. The van der Waals surface area contributed by atoms with Crippen LogP contribution in [0.2, 0.25) is 0 Å². The molecule has 0 saturated heterocycles. The van der Waals surface area contributed by atoms with Crippen molar-refractivity contribution in [2.75, 3.05) is 6.61 Å². The Morgan fingerprint density at radius 1 is 1.25 bits per heavy atom. The largest absolute Gasteiger partial charge is 0.377 e. The van der Waals surface area contributed by atoms with E-state index in [-0.39, 0.29) is 0 Å². The molecule has 0 aromatic carbocycles. The lowest BCUT2D eigenvalue weighted by Crippen LogP contribution is -2.23. The van der Waals surface area contributed by atoms with E-state index in [0.29, 0.717) is 10.9 Å². The molecule has 0 aromatic heterocycles. The predicted molar refractivity (Wildman–Crippen MR) is 55.8 cm³/mol. The Morgan fingerprint density at radius 3 is 2.75 bits per heavy atom. The predicted octanol–water partition coefficient (Wildman–Crippen LogP) is 3.51. The van der Waals surface area contributed by atoms with Gasteiger partial charge in [-0.05, 0) is 19.3 Å². The second kappa shape index (κ2) is 5.98. The molecule has 72 valence electrons. The highest BCUT2D eigenvalue weighted by Gasteiger charge is 2.21. The van der Waals surface area contributed by atoms with E-state index in [1.165, 1.54) is 32.1 Å². The summed E-state index contributed by atoms with van der Waals surface area (Å²) >= 11 is 3.71. The highest BCUT2D eigenvalue weighted by atomic mass is 79.9. The summed E-state index contributed by atoms with van der Waals surface area (Å²) in [7, 11) is 0. The molecule has 0 radical (unpaired) electrons. The molecule has 1 aliphatic carbocycles. The monoisotopic (exact) mass is 234 g/mol. The maximum atomic E-state index is 5.78. The first-order chi connectivity index (χ1) is 5.84. The van der Waals surface area contributed by atoms with E-state index >= 15 is 0 Å². The van der Waals surface area contributed by atoms with Crippen LogP contribution in [0, 0.1) is 0 Å². The number of rotatable bonds is 3. The van der Waals surface area contributed by atoms with Gasteiger partial charge in [0.25, 0.3) is 0 Å². The molecular formula is C10H19BrO. The van der Waals surface area contributed by atoms with Gasteiger partial charge in [-0.25, -0.2) is 0 Å². The van der Waals surface area contributed by atoms with Crippen LogP contribution in [0.25, 0.3) is 0 Å². The van der Waals surface area contributed by atoms with Crippen molar-refractivity contribution in [2.45, 2.75) is 56.4 Å². The molecule has 12 heavy (non-hydrogen) atoms. The fourth-order valence-corrected chi connectivity index (χ4v) is 2.43. The van der Waals surface area contributed by atoms with Crippen LogP contribution < -0.4 is 0 Å². The van der Waals surface area contributed by atoms with E-state index in [9.17, 15) is 0 Å². The van der Waals surface area contributed by atoms with E-state index < -0.39 is 0 Å². The SMILES string of the molecule is CCCOC1CCCCCC1Br. The molecule has 0 N–H and O–H groups in total. The quantitative estimate of drug-likeness (QED) is 0.537. The van der Waals surface area contributed by atoms with Crippen molar-refractivity contribution in [3.63, 3.8) is 0 Å². The number of halogens is 1. The fraction of sp³-hybridized carbons (Fsp3) is 1.00. The Kier molecular flexibility index (Phi) is 5.24. The summed E-state index contributed by atoms with van der Waals surface area (Å²) in [5.41, 5.74) is 0. The van der Waals surface area contributed by atoms with Crippen LogP contribution in [0.1, 0.15) is 45.4 Å². The maximum absolute atomic E-state index is 5.78. The third-order valence-electron chi connectivity index (χ3n) is 2.41. The van der Waals surface area contributed by atoms with Gasteiger partial charge in [0.15, 0.2) is 0 Å². The number of ether oxygens (including phenoxy) is 1. The summed E-state index contributed by atoms with van der Waals surface area (Å²) in [6.45, 7) is 3.09. The molecule has 1 saturated carbocycles. The van der Waals surface area contributed by atoms with Gasteiger partial charge in [0, 0.05) is 11.4 Å². The minimum Gasteiger partial charge on any atom is -0.377 e. The van der Waals surface area contributed by atoms with Crippen LogP contribution >= 0.6 is 15.9 Å². The summed E-state index contributed by atoms with van der Waals surface area (Å²) in [5, 5.41) is 0. The van der Waals surface area contributed by atoms with Gasteiger partial charge in [-0.2, -0.15) is 0 Å². The van der Waals surface area contributed by atoms with Crippen molar-refractivity contribution < 1.29 is 4.74 Å². The third kappa shape index (κ3) is 3.44. The molecule has 0 bridgehead atoms. The van der Waals surface area contributed by atoms with Crippen molar-refractivity contribution in [1.29, 1.82) is 0 Å². The second-order valence-corrected chi connectivity index (χ2v) is 4.74. The first kappa shape index (κ1) is 10.5. The van der Waals surface area contributed by atoms with Gasteiger partial charge in [-0.1, -0.05) is 42.1 Å². The van der Waals surface area contributed by atoms with E-state index in [1.807, 2.05) is 0 Å². The van der Waals surface area contributed by atoms with E-state index in [1.54, 1.807) is 0 Å². The summed E-state index contributed by atoms with van der Waals surface area (Å²) in [4.78, 5) is 0.603. The van der Waals surface area contributed by atoms with Gasteiger partial charge >= 0.3 is 0 Å². The molecule has 0 aromatic rings. The minimum atomic E-state index is 0.479. The molecule has 0 heterocycles. The molecule has 1 fully saturated rings. The van der Waals surface area contributed by atoms with Gasteiger partial charge in [0.1, 0.15) is 0 Å². The van der Waals surface area contributed by atoms with Crippen molar-refractivity contribution in [3.05, 3.63) is 0 Å². The van der Waals surface area contributed by atoms with Gasteiger partial charge in [-0.15, -0.1) is 0 Å². The highest BCUT2D eigenvalue weighted by molar-refractivity contribution is 9.09.